The Morgan fingerprint density at radius 3 is 2.41 bits per heavy atom. The summed E-state index contributed by atoms with van der Waals surface area (Å²) in [5.74, 6) is -1.06. The molecule has 1 aromatic heterocycles. The van der Waals surface area contributed by atoms with Crippen molar-refractivity contribution in [2.75, 3.05) is 5.32 Å². The number of hydrogen-bond donors (Lipinski definition) is 1. The van der Waals surface area contributed by atoms with Gasteiger partial charge in [0, 0.05) is 34.8 Å². The summed E-state index contributed by atoms with van der Waals surface area (Å²) >= 11 is 0. The van der Waals surface area contributed by atoms with Gasteiger partial charge < -0.3 is 14.6 Å². The molecule has 6 heteroatoms. The molecular weight excluding hydrogens is 368 g/mol. The first-order valence-corrected chi connectivity index (χ1v) is 9.75. The molecule has 1 N–H and O–H groups in total. The van der Waals surface area contributed by atoms with Gasteiger partial charge in [-0.05, 0) is 82.5 Å². The molecular formula is C23H26N2O4. The van der Waals surface area contributed by atoms with E-state index in [4.69, 9.17) is 4.74 Å². The van der Waals surface area contributed by atoms with Crippen LogP contribution in [-0.4, -0.2) is 28.3 Å². The lowest BCUT2D eigenvalue weighted by Crippen LogP contribution is -2.29. The molecule has 29 heavy (non-hydrogen) atoms. The first-order chi connectivity index (χ1) is 13.8. The first-order valence-electron chi connectivity index (χ1n) is 9.75. The van der Waals surface area contributed by atoms with Crippen molar-refractivity contribution in [3.8, 4) is 0 Å². The van der Waals surface area contributed by atoms with Gasteiger partial charge in [-0.1, -0.05) is 0 Å². The number of carbonyl (C=O) groups excluding carboxylic acids is 3. The number of ketones is 1. The Balaban J connectivity index is 1.55. The predicted molar refractivity (Wildman–Crippen MR) is 112 cm³/mol. The minimum Gasteiger partial charge on any atom is -0.449 e. The number of esters is 1. The average molecular weight is 394 g/mol. The summed E-state index contributed by atoms with van der Waals surface area (Å²) in [4.78, 5) is 35.7. The molecule has 1 saturated carbocycles. The topological polar surface area (TPSA) is 77.4 Å². The molecule has 1 atom stereocenters. The van der Waals surface area contributed by atoms with Gasteiger partial charge in [0.15, 0.2) is 11.9 Å². The van der Waals surface area contributed by atoms with Crippen LogP contribution in [0.15, 0.2) is 36.4 Å². The van der Waals surface area contributed by atoms with Gasteiger partial charge in [-0.3, -0.25) is 9.59 Å². The molecule has 0 bridgehead atoms. The SMILES string of the molecule is CC(=O)c1ccc(NC(=O)[C@@H](C)OC(=O)/C=C/c2cc(C)n(C3CC3)c2C)cc1. The zero-order valence-electron chi connectivity index (χ0n) is 17.2. The number of ether oxygens (including phenoxy) is 1. The van der Waals surface area contributed by atoms with E-state index in [9.17, 15) is 14.4 Å². The molecule has 152 valence electrons. The highest BCUT2D eigenvalue weighted by Crippen LogP contribution is 2.38. The van der Waals surface area contributed by atoms with Gasteiger partial charge in [0.1, 0.15) is 0 Å². The Labute approximate surface area is 170 Å². The summed E-state index contributed by atoms with van der Waals surface area (Å²) in [6.45, 7) is 7.11. The molecule has 1 heterocycles. The van der Waals surface area contributed by atoms with E-state index in [1.165, 1.54) is 38.5 Å². The Morgan fingerprint density at radius 2 is 1.83 bits per heavy atom. The van der Waals surface area contributed by atoms with Gasteiger partial charge in [0.2, 0.25) is 0 Å². The molecule has 0 radical (unpaired) electrons. The van der Waals surface area contributed by atoms with Crippen LogP contribution in [-0.2, 0) is 14.3 Å². The standard InChI is InChI=1S/C23H26N2O4/c1-14-13-19(15(2)25(14)21-10-11-21)7-12-22(27)29-17(4)23(28)24-20-8-5-18(6-9-20)16(3)26/h5-9,12-13,17,21H,10-11H2,1-4H3,(H,24,28)/b12-7+/t17-/m1/s1. The van der Waals surface area contributed by atoms with Crippen LogP contribution in [0, 0.1) is 13.8 Å². The van der Waals surface area contributed by atoms with Crippen LogP contribution in [0.5, 0.6) is 0 Å². The van der Waals surface area contributed by atoms with E-state index in [1.54, 1.807) is 30.3 Å². The van der Waals surface area contributed by atoms with Crippen molar-refractivity contribution >= 4 is 29.4 Å². The van der Waals surface area contributed by atoms with E-state index >= 15 is 0 Å². The highest BCUT2D eigenvalue weighted by Gasteiger charge is 2.26. The van der Waals surface area contributed by atoms with E-state index in [0.717, 1.165) is 11.3 Å². The minimum absolute atomic E-state index is 0.0464. The zero-order valence-corrected chi connectivity index (χ0v) is 17.2. The summed E-state index contributed by atoms with van der Waals surface area (Å²) in [5, 5.41) is 2.67. The van der Waals surface area contributed by atoms with Gasteiger partial charge in [0.25, 0.3) is 5.91 Å². The number of nitrogens with one attached hydrogen (secondary N) is 1. The molecule has 0 spiro atoms. The Kier molecular flexibility index (Phi) is 6.01. The van der Waals surface area contributed by atoms with Crippen LogP contribution in [0.3, 0.4) is 0 Å². The van der Waals surface area contributed by atoms with Crippen molar-refractivity contribution in [3.63, 3.8) is 0 Å². The predicted octanol–water partition coefficient (Wildman–Crippen LogP) is 4.23. The second-order valence-corrected chi connectivity index (χ2v) is 7.46. The van der Waals surface area contributed by atoms with Gasteiger partial charge in [-0.25, -0.2) is 4.79 Å². The van der Waals surface area contributed by atoms with Crippen molar-refractivity contribution in [2.24, 2.45) is 0 Å². The zero-order chi connectivity index (χ0) is 21.1. The number of aryl methyl sites for hydroxylation is 1. The lowest BCUT2D eigenvalue weighted by molar-refractivity contribution is -0.148. The van der Waals surface area contributed by atoms with Gasteiger partial charge >= 0.3 is 5.97 Å². The summed E-state index contributed by atoms with van der Waals surface area (Å²) in [6, 6.07) is 9.18. The number of aromatic nitrogens is 1. The molecule has 6 nitrogen and oxygen atoms in total. The maximum Gasteiger partial charge on any atom is 0.331 e. The summed E-state index contributed by atoms with van der Waals surface area (Å²) in [6.07, 6.45) is 4.54. The fourth-order valence-electron chi connectivity index (χ4n) is 3.32. The highest BCUT2D eigenvalue weighted by atomic mass is 16.5. The summed E-state index contributed by atoms with van der Waals surface area (Å²) in [7, 11) is 0. The van der Waals surface area contributed by atoms with E-state index in [1.807, 2.05) is 6.92 Å². The van der Waals surface area contributed by atoms with Crippen molar-refractivity contribution in [2.45, 2.75) is 52.7 Å². The van der Waals surface area contributed by atoms with Gasteiger partial charge in [-0.15, -0.1) is 0 Å². The molecule has 1 aliphatic carbocycles. The van der Waals surface area contributed by atoms with Crippen molar-refractivity contribution in [1.82, 2.24) is 4.57 Å². The van der Waals surface area contributed by atoms with Crippen LogP contribution in [0.25, 0.3) is 6.08 Å². The second kappa shape index (κ2) is 8.47. The van der Waals surface area contributed by atoms with Crippen molar-refractivity contribution in [1.29, 1.82) is 0 Å². The number of Topliss-reactive ketones (excluding diaryl/α,β-unsaturated/α-hetero) is 1. The van der Waals surface area contributed by atoms with Gasteiger partial charge in [-0.2, -0.15) is 0 Å². The monoisotopic (exact) mass is 394 g/mol. The lowest BCUT2D eigenvalue weighted by Gasteiger charge is -2.12. The largest absolute Gasteiger partial charge is 0.449 e. The second-order valence-electron chi connectivity index (χ2n) is 7.46. The van der Waals surface area contributed by atoms with Crippen LogP contribution >= 0.6 is 0 Å². The number of hydrogen-bond acceptors (Lipinski definition) is 4. The Morgan fingerprint density at radius 1 is 1.17 bits per heavy atom. The Bertz CT molecular complexity index is 966. The molecule has 1 fully saturated rings. The molecule has 0 unspecified atom stereocenters. The number of benzene rings is 1. The van der Waals surface area contributed by atoms with Crippen molar-refractivity contribution in [3.05, 3.63) is 58.9 Å². The number of nitrogens with zero attached hydrogens (tertiary/aromatic N) is 1. The number of carbonyl (C=O) groups is 3. The van der Waals surface area contributed by atoms with E-state index in [0.29, 0.717) is 17.3 Å². The molecule has 1 aliphatic rings. The number of rotatable bonds is 7. The number of anilines is 1. The van der Waals surface area contributed by atoms with E-state index in [-0.39, 0.29) is 5.78 Å². The maximum absolute atomic E-state index is 12.2. The maximum atomic E-state index is 12.2. The van der Waals surface area contributed by atoms with Crippen molar-refractivity contribution < 1.29 is 19.1 Å². The van der Waals surface area contributed by atoms with Crippen LogP contribution < -0.4 is 5.32 Å². The smallest absolute Gasteiger partial charge is 0.331 e. The van der Waals surface area contributed by atoms with Gasteiger partial charge in [0.05, 0.1) is 0 Å². The quantitative estimate of drug-likeness (QED) is 0.433. The van der Waals surface area contributed by atoms with E-state index in [2.05, 4.69) is 22.9 Å². The summed E-state index contributed by atoms with van der Waals surface area (Å²) < 4.78 is 7.51. The molecule has 1 aromatic carbocycles. The van der Waals surface area contributed by atoms with Crippen LogP contribution in [0.1, 0.15) is 60.0 Å². The fourth-order valence-corrected chi connectivity index (χ4v) is 3.32. The fraction of sp³-hybridized carbons (Fsp3) is 0.348. The number of amides is 1. The molecule has 1 amide bonds. The minimum atomic E-state index is -0.946. The highest BCUT2D eigenvalue weighted by molar-refractivity contribution is 5.98. The third-order valence-corrected chi connectivity index (χ3v) is 5.06. The third-order valence-electron chi connectivity index (χ3n) is 5.06. The summed E-state index contributed by atoms with van der Waals surface area (Å²) in [5.41, 5.74) is 4.39. The van der Waals surface area contributed by atoms with Crippen LogP contribution in [0.4, 0.5) is 5.69 Å². The molecule has 3 rings (SSSR count). The van der Waals surface area contributed by atoms with E-state index < -0.39 is 18.0 Å². The molecule has 2 aromatic rings. The average Bonchev–Trinajstić information content (AvgIpc) is 3.46. The first kappa shape index (κ1) is 20.6. The Hall–Kier alpha value is -3.15. The van der Waals surface area contributed by atoms with Crippen LogP contribution in [0.2, 0.25) is 0 Å². The third kappa shape index (κ3) is 5.02. The molecule has 0 aliphatic heterocycles. The molecule has 0 saturated heterocycles. The normalized spacial score (nSPS) is 14.6. The lowest BCUT2D eigenvalue weighted by atomic mass is 10.1.